The molecule has 98 valence electrons. The summed E-state index contributed by atoms with van der Waals surface area (Å²) in [6.45, 7) is 2.74. The maximum atomic E-state index is 6.16. The van der Waals surface area contributed by atoms with Crippen molar-refractivity contribution in [2.45, 2.75) is 19.8 Å². The first kappa shape index (κ1) is 12.3. The second-order valence-electron chi connectivity index (χ2n) is 4.89. The number of pyridine rings is 1. The number of aryl methyl sites for hydroxylation is 1. The van der Waals surface area contributed by atoms with Gasteiger partial charge in [0.2, 0.25) is 0 Å². The Labute approximate surface area is 117 Å². The van der Waals surface area contributed by atoms with Crippen molar-refractivity contribution in [1.82, 2.24) is 4.98 Å². The molecular formula is C15H15ClN2O. The molecule has 3 rings (SSSR count). The number of hydrogen-bond acceptors (Lipinski definition) is 3. The van der Waals surface area contributed by atoms with Crippen LogP contribution in [0, 0.1) is 6.92 Å². The normalized spacial score (nSPS) is 13.2. The van der Waals surface area contributed by atoms with Crippen LogP contribution in [0.25, 0.3) is 0 Å². The molecule has 4 heteroatoms. The first-order chi connectivity index (χ1) is 9.13. The monoisotopic (exact) mass is 274 g/mol. The first-order valence-corrected chi connectivity index (χ1v) is 6.66. The molecule has 1 aromatic carbocycles. The van der Waals surface area contributed by atoms with Crippen molar-refractivity contribution in [2.24, 2.45) is 0 Å². The summed E-state index contributed by atoms with van der Waals surface area (Å²) < 4.78 is 5.71. The number of aromatic nitrogens is 1. The van der Waals surface area contributed by atoms with Crippen LogP contribution in [0.1, 0.15) is 22.3 Å². The number of fused-ring (bicyclic) bond motifs is 1. The van der Waals surface area contributed by atoms with Gasteiger partial charge >= 0.3 is 0 Å². The van der Waals surface area contributed by atoms with Crippen LogP contribution >= 0.6 is 11.6 Å². The van der Waals surface area contributed by atoms with Gasteiger partial charge < -0.3 is 10.5 Å². The van der Waals surface area contributed by atoms with Gasteiger partial charge in [0.15, 0.2) is 0 Å². The molecule has 0 amide bonds. The van der Waals surface area contributed by atoms with E-state index in [1.165, 1.54) is 5.56 Å². The number of nitrogens with zero attached hydrogens (tertiary/aromatic N) is 1. The van der Waals surface area contributed by atoms with Crippen molar-refractivity contribution in [1.29, 1.82) is 0 Å². The Morgan fingerprint density at radius 2 is 2.16 bits per heavy atom. The Hall–Kier alpha value is -1.74. The average Bonchev–Trinajstić information content (AvgIpc) is 2.82. The quantitative estimate of drug-likeness (QED) is 0.915. The van der Waals surface area contributed by atoms with Crippen LogP contribution < -0.4 is 10.5 Å². The van der Waals surface area contributed by atoms with E-state index in [1.54, 1.807) is 6.20 Å². The van der Waals surface area contributed by atoms with Crippen LogP contribution in [0.15, 0.2) is 24.4 Å². The smallest absolute Gasteiger partial charge is 0.126 e. The minimum absolute atomic E-state index is 0.567. The minimum atomic E-state index is 0.567. The summed E-state index contributed by atoms with van der Waals surface area (Å²) in [7, 11) is 0. The van der Waals surface area contributed by atoms with Crippen LogP contribution in [-0.2, 0) is 12.8 Å². The Balaban J connectivity index is 2.02. The average molecular weight is 275 g/mol. The molecular weight excluding hydrogens is 260 g/mol. The van der Waals surface area contributed by atoms with Crippen molar-refractivity contribution in [3.8, 4) is 5.75 Å². The molecule has 19 heavy (non-hydrogen) atoms. The number of halogens is 1. The standard InChI is InChI=1S/C15H15ClN2O/c1-9-4-12(15(17)18-8-9)5-11-7-13(16)6-10-2-3-19-14(10)11/h4,6-8H,2-3,5H2,1H3,(H2,17,18). The van der Waals surface area contributed by atoms with Crippen LogP contribution in [0.3, 0.4) is 0 Å². The molecule has 0 bridgehead atoms. The van der Waals surface area contributed by atoms with Gasteiger partial charge in [-0.2, -0.15) is 0 Å². The number of benzene rings is 1. The number of anilines is 1. The summed E-state index contributed by atoms with van der Waals surface area (Å²) in [5.41, 5.74) is 10.3. The maximum Gasteiger partial charge on any atom is 0.126 e. The number of nitrogens with two attached hydrogens (primary N) is 1. The Bertz CT molecular complexity index is 640. The highest BCUT2D eigenvalue weighted by Crippen LogP contribution is 2.34. The summed E-state index contributed by atoms with van der Waals surface area (Å²) in [5.74, 6) is 1.53. The van der Waals surface area contributed by atoms with Gasteiger partial charge in [-0.15, -0.1) is 0 Å². The molecule has 3 nitrogen and oxygen atoms in total. The van der Waals surface area contributed by atoms with Gasteiger partial charge in [0.1, 0.15) is 11.6 Å². The fraction of sp³-hybridized carbons (Fsp3) is 0.267. The van der Waals surface area contributed by atoms with E-state index in [0.29, 0.717) is 12.2 Å². The lowest BCUT2D eigenvalue weighted by atomic mass is 10.0. The Morgan fingerprint density at radius 1 is 1.32 bits per heavy atom. The Morgan fingerprint density at radius 3 is 3.00 bits per heavy atom. The fourth-order valence-corrected chi connectivity index (χ4v) is 2.73. The molecule has 0 spiro atoms. The van der Waals surface area contributed by atoms with Crippen LogP contribution in [0.5, 0.6) is 5.75 Å². The van der Waals surface area contributed by atoms with Crippen molar-refractivity contribution < 1.29 is 4.74 Å². The van der Waals surface area contributed by atoms with E-state index in [9.17, 15) is 0 Å². The van der Waals surface area contributed by atoms with Crippen LogP contribution in [0.2, 0.25) is 5.02 Å². The highest BCUT2D eigenvalue weighted by molar-refractivity contribution is 6.30. The van der Waals surface area contributed by atoms with Gasteiger partial charge in [0.25, 0.3) is 0 Å². The van der Waals surface area contributed by atoms with Gasteiger partial charge in [-0.3, -0.25) is 0 Å². The lowest BCUT2D eigenvalue weighted by molar-refractivity contribution is 0.354. The molecule has 2 heterocycles. The summed E-state index contributed by atoms with van der Waals surface area (Å²) in [6.07, 6.45) is 3.39. The van der Waals surface area contributed by atoms with Gasteiger partial charge in [-0.1, -0.05) is 17.7 Å². The van der Waals surface area contributed by atoms with E-state index in [1.807, 2.05) is 19.1 Å². The molecule has 0 atom stereocenters. The van der Waals surface area contributed by atoms with Gasteiger partial charge in [0.05, 0.1) is 6.61 Å². The topological polar surface area (TPSA) is 48.1 Å². The zero-order valence-electron chi connectivity index (χ0n) is 10.7. The minimum Gasteiger partial charge on any atom is -0.493 e. The molecule has 0 saturated carbocycles. The Kier molecular flexibility index (Phi) is 3.07. The lowest BCUT2D eigenvalue weighted by Crippen LogP contribution is -2.01. The van der Waals surface area contributed by atoms with Crippen LogP contribution in [-0.4, -0.2) is 11.6 Å². The molecule has 0 unspecified atom stereocenters. The lowest BCUT2D eigenvalue weighted by Gasteiger charge is -2.11. The van der Waals surface area contributed by atoms with Crippen molar-refractivity contribution >= 4 is 17.4 Å². The van der Waals surface area contributed by atoms with E-state index in [4.69, 9.17) is 22.1 Å². The highest BCUT2D eigenvalue weighted by atomic mass is 35.5. The highest BCUT2D eigenvalue weighted by Gasteiger charge is 2.18. The van der Waals surface area contributed by atoms with E-state index in [0.717, 1.165) is 40.5 Å². The van der Waals surface area contributed by atoms with Gasteiger partial charge in [-0.05, 0) is 35.7 Å². The molecule has 1 aliphatic rings. The zero-order valence-corrected chi connectivity index (χ0v) is 11.5. The maximum absolute atomic E-state index is 6.16. The molecule has 0 radical (unpaired) electrons. The third kappa shape index (κ3) is 2.38. The molecule has 1 aromatic heterocycles. The summed E-state index contributed by atoms with van der Waals surface area (Å²) in [4.78, 5) is 4.19. The second-order valence-corrected chi connectivity index (χ2v) is 5.32. The predicted molar refractivity (Wildman–Crippen MR) is 76.8 cm³/mol. The van der Waals surface area contributed by atoms with Gasteiger partial charge in [0, 0.05) is 29.6 Å². The van der Waals surface area contributed by atoms with E-state index < -0.39 is 0 Å². The third-order valence-corrected chi connectivity index (χ3v) is 3.56. The van der Waals surface area contributed by atoms with E-state index >= 15 is 0 Å². The number of ether oxygens (including phenoxy) is 1. The number of hydrogen-bond donors (Lipinski definition) is 1. The van der Waals surface area contributed by atoms with Crippen molar-refractivity contribution in [3.05, 3.63) is 51.7 Å². The summed E-state index contributed by atoms with van der Waals surface area (Å²) in [6, 6.07) is 5.99. The molecule has 0 fully saturated rings. The van der Waals surface area contributed by atoms with Crippen LogP contribution in [0.4, 0.5) is 5.82 Å². The predicted octanol–water partition coefficient (Wildman–Crippen LogP) is 3.15. The summed E-state index contributed by atoms with van der Waals surface area (Å²) in [5, 5.41) is 0.749. The van der Waals surface area contributed by atoms with E-state index in [-0.39, 0.29) is 0 Å². The number of rotatable bonds is 2. The molecule has 2 N–H and O–H groups in total. The largest absolute Gasteiger partial charge is 0.493 e. The fourth-order valence-electron chi connectivity index (χ4n) is 2.46. The molecule has 0 aliphatic carbocycles. The zero-order chi connectivity index (χ0) is 13.4. The molecule has 1 aliphatic heterocycles. The van der Waals surface area contributed by atoms with Crippen molar-refractivity contribution in [3.63, 3.8) is 0 Å². The van der Waals surface area contributed by atoms with Crippen molar-refractivity contribution in [2.75, 3.05) is 12.3 Å². The number of nitrogen functional groups attached to an aromatic ring is 1. The second kappa shape index (κ2) is 4.74. The molecule has 2 aromatic rings. The first-order valence-electron chi connectivity index (χ1n) is 6.28. The molecule has 0 saturated heterocycles. The van der Waals surface area contributed by atoms with E-state index in [2.05, 4.69) is 11.1 Å². The van der Waals surface area contributed by atoms with Gasteiger partial charge in [-0.25, -0.2) is 4.98 Å². The summed E-state index contributed by atoms with van der Waals surface area (Å²) >= 11 is 6.16. The SMILES string of the molecule is Cc1cnc(N)c(Cc2cc(Cl)cc3c2OCC3)c1. The third-order valence-electron chi connectivity index (χ3n) is 3.34.